The van der Waals surface area contributed by atoms with Crippen LogP contribution in [0.15, 0.2) is 12.4 Å². The summed E-state index contributed by atoms with van der Waals surface area (Å²) in [6.45, 7) is 1.97. The van der Waals surface area contributed by atoms with Crippen molar-refractivity contribution in [1.82, 2.24) is 14.8 Å². The number of piperidine rings is 1. The van der Waals surface area contributed by atoms with E-state index in [1.54, 1.807) is 24.1 Å². The van der Waals surface area contributed by atoms with Crippen LogP contribution in [0.25, 0.3) is 0 Å². The lowest BCUT2D eigenvalue weighted by molar-refractivity contribution is 0.103. The second-order valence-corrected chi connectivity index (χ2v) is 6.09. The van der Waals surface area contributed by atoms with Gasteiger partial charge in [0.2, 0.25) is 0 Å². The molecule has 0 spiro atoms. The highest BCUT2D eigenvalue weighted by atomic mass is 32.1. The van der Waals surface area contributed by atoms with Gasteiger partial charge in [-0.1, -0.05) is 11.3 Å². The minimum absolute atomic E-state index is 0.235. The maximum absolute atomic E-state index is 12.3. The molecule has 3 N–H and O–H groups in total. The monoisotopic (exact) mass is 306 g/mol. The summed E-state index contributed by atoms with van der Waals surface area (Å²) in [6.07, 6.45) is 6.92. The van der Waals surface area contributed by atoms with E-state index in [0.29, 0.717) is 16.4 Å². The second kappa shape index (κ2) is 5.72. The summed E-state index contributed by atoms with van der Waals surface area (Å²) in [5.41, 5.74) is 6.55. The third-order valence-electron chi connectivity index (χ3n) is 3.44. The van der Waals surface area contributed by atoms with E-state index in [1.165, 1.54) is 17.8 Å². The summed E-state index contributed by atoms with van der Waals surface area (Å²) in [5, 5.41) is 7.64. The molecule has 0 radical (unpaired) electrons. The zero-order chi connectivity index (χ0) is 14.8. The largest absolute Gasteiger partial charge is 0.382 e. The SMILES string of the molecule is Cn1cc(NC(=O)c2sc(N3CCCCC3)nc2N)cn1. The molecule has 112 valence electrons. The van der Waals surface area contributed by atoms with Crippen molar-refractivity contribution < 1.29 is 4.79 Å². The van der Waals surface area contributed by atoms with Gasteiger partial charge < -0.3 is 16.0 Å². The van der Waals surface area contributed by atoms with Crippen molar-refractivity contribution >= 4 is 33.9 Å². The van der Waals surface area contributed by atoms with Crippen LogP contribution in [-0.2, 0) is 7.05 Å². The molecule has 2 aromatic heterocycles. The van der Waals surface area contributed by atoms with Crippen LogP contribution in [0.1, 0.15) is 28.9 Å². The van der Waals surface area contributed by atoms with E-state index in [-0.39, 0.29) is 5.91 Å². The Morgan fingerprint density at radius 2 is 2.14 bits per heavy atom. The average Bonchev–Trinajstić information content (AvgIpc) is 3.06. The van der Waals surface area contributed by atoms with Crippen molar-refractivity contribution in [3.63, 3.8) is 0 Å². The molecule has 0 aliphatic carbocycles. The summed E-state index contributed by atoms with van der Waals surface area (Å²) in [7, 11) is 1.80. The van der Waals surface area contributed by atoms with E-state index in [1.807, 2.05) is 0 Å². The molecular weight excluding hydrogens is 288 g/mol. The third-order valence-corrected chi connectivity index (χ3v) is 4.57. The van der Waals surface area contributed by atoms with Gasteiger partial charge >= 0.3 is 0 Å². The maximum Gasteiger partial charge on any atom is 0.269 e. The second-order valence-electron chi connectivity index (χ2n) is 5.12. The normalized spacial score (nSPS) is 15.2. The van der Waals surface area contributed by atoms with E-state index in [9.17, 15) is 4.79 Å². The maximum atomic E-state index is 12.3. The van der Waals surface area contributed by atoms with Gasteiger partial charge in [0, 0.05) is 26.3 Å². The van der Waals surface area contributed by atoms with E-state index < -0.39 is 0 Å². The van der Waals surface area contributed by atoms with Crippen molar-refractivity contribution in [3.8, 4) is 0 Å². The first-order valence-electron chi connectivity index (χ1n) is 6.95. The summed E-state index contributed by atoms with van der Waals surface area (Å²) in [5.74, 6) is 0.0585. The number of rotatable bonds is 3. The Morgan fingerprint density at radius 3 is 2.81 bits per heavy atom. The molecule has 1 fully saturated rings. The molecule has 1 amide bonds. The van der Waals surface area contributed by atoms with Crippen LogP contribution in [0.5, 0.6) is 0 Å². The van der Waals surface area contributed by atoms with Crippen LogP contribution in [-0.4, -0.2) is 33.8 Å². The van der Waals surface area contributed by atoms with Gasteiger partial charge in [0.25, 0.3) is 5.91 Å². The van der Waals surface area contributed by atoms with Gasteiger partial charge in [-0.15, -0.1) is 0 Å². The zero-order valence-corrected chi connectivity index (χ0v) is 12.7. The van der Waals surface area contributed by atoms with Crippen LogP contribution in [0.2, 0.25) is 0 Å². The number of carbonyl (C=O) groups is 1. The average molecular weight is 306 g/mol. The molecule has 21 heavy (non-hydrogen) atoms. The lowest BCUT2D eigenvalue weighted by Gasteiger charge is -2.25. The fraction of sp³-hybridized carbons (Fsp3) is 0.462. The van der Waals surface area contributed by atoms with Gasteiger partial charge in [-0.05, 0) is 19.3 Å². The predicted octanol–water partition coefficient (Wildman–Crippen LogP) is 1.70. The number of amides is 1. The molecule has 0 bridgehead atoms. The summed E-state index contributed by atoms with van der Waals surface area (Å²) < 4.78 is 1.63. The lowest BCUT2D eigenvalue weighted by Crippen LogP contribution is -2.29. The molecule has 2 aromatic rings. The molecule has 0 saturated carbocycles. The number of aromatic nitrogens is 3. The quantitative estimate of drug-likeness (QED) is 0.901. The summed E-state index contributed by atoms with van der Waals surface area (Å²) >= 11 is 1.35. The Morgan fingerprint density at radius 1 is 1.38 bits per heavy atom. The Hall–Kier alpha value is -2.09. The highest BCUT2D eigenvalue weighted by Gasteiger charge is 2.21. The minimum Gasteiger partial charge on any atom is -0.382 e. The van der Waals surface area contributed by atoms with Crippen LogP contribution in [0.3, 0.4) is 0 Å². The van der Waals surface area contributed by atoms with E-state index >= 15 is 0 Å². The Labute approximate surface area is 126 Å². The molecule has 1 saturated heterocycles. The van der Waals surface area contributed by atoms with E-state index in [0.717, 1.165) is 31.1 Å². The molecule has 0 aromatic carbocycles. The number of nitrogens with two attached hydrogens (primary N) is 1. The van der Waals surface area contributed by atoms with Crippen molar-refractivity contribution in [1.29, 1.82) is 0 Å². The smallest absolute Gasteiger partial charge is 0.269 e. The Balaban J connectivity index is 1.75. The van der Waals surface area contributed by atoms with Gasteiger partial charge in [-0.3, -0.25) is 9.48 Å². The molecular formula is C13H18N6OS. The highest BCUT2D eigenvalue weighted by molar-refractivity contribution is 7.18. The van der Waals surface area contributed by atoms with Crippen molar-refractivity contribution in [3.05, 3.63) is 17.3 Å². The molecule has 7 nitrogen and oxygen atoms in total. The fourth-order valence-electron chi connectivity index (χ4n) is 2.38. The van der Waals surface area contributed by atoms with Crippen molar-refractivity contribution in [2.45, 2.75) is 19.3 Å². The molecule has 1 aliphatic rings. The number of anilines is 3. The van der Waals surface area contributed by atoms with Crippen LogP contribution in [0.4, 0.5) is 16.6 Å². The Bertz CT molecular complexity index is 643. The number of nitrogens with one attached hydrogen (secondary N) is 1. The Kier molecular flexibility index (Phi) is 3.78. The molecule has 8 heteroatoms. The minimum atomic E-state index is -0.235. The predicted molar refractivity (Wildman–Crippen MR) is 83.8 cm³/mol. The van der Waals surface area contributed by atoms with Gasteiger partial charge in [0.05, 0.1) is 11.9 Å². The zero-order valence-electron chi connectivity index (χ0n) is 11.9. The molecule has 0 unspecified atom stereocenters. The van der Waals surface area contributed by atoms with Gasteiger partial charge in [0.1, 0.15) is 10.7 Å². The summed E-state index contributed by atoms with van der Waals surface area (Å²) in [6, 6.07) is 0. The lowest BCUT2D eigenvalue weighted by atomic mass is 10.1. The number of thiazole rings is 1. The first kappa shape index (κ1) is 13.9. The molecule has 0 atom stereocenters. The van der Waals surface area contributed by atoms with Crippen LogP contribution < -0.4 is 16.0 Å². The molecule has 1 aliphatic heterocycles. The standard InChI is InChI=1S/C13H18N6OS/c1-18-8-9(7-15-18)16-12(20)10-11(14)17-13(21-10)19-5-3-2-4-6-19/h7-8H,2-6,14H2,1H3,(H,16,20). The van der Waals surface area contributed by atoms with Crippen LogP contribution >= 0.6 is 11.3 Å². The van der Waals surface area contributed by atoms with Crippen molar-refractivity contribution in [2.75, 3.05) is 29.0 Å². The van der Waals surface area contributed by atoms with Gasteiger partial charge in [-0.2, -0.15) is 5.10 Å². The van der Waals surface area contributed by atoms with E-state index in [2.05, 4.69) is 20.3 Å². The number of hydrogen-bond acceptors (Lipinski definition) is 6. The summed E-state index contributed by atoms with van der Waals surface area (Å²) in [4.78, 5) is 19.3. The molecule has 3 rings (SSSR count). The third kappa shape index (κ3) is 2.99. The molecule has 3 heterocycles. The topological polar surface area (TPSA) is 89.1 Å². The fourth-order valence-corrected chi connectivity index (χ4v) is 3.31. The number of nitrogen functional groups attached to an aromatic ring is 1. The first-order valence-corrected chi connectivity index (χ1v) is 7.76. The first-order chi connectivity index (χ1) is 10.1. The number of hydrogen-bond donors (Lipinski definition) is 2. The number of nitrogens with zero attached hydrogens (tertiary/aromatic N) is 4. The number of carbonyl (C=O) groups excluding carboxylic acids is 1. The van der Waals surface area contributed by atoms with Gasteiger partial charge in [-0.25, -0.2) is 4.98 Å². The highest BCUT2D eigenvalue weighted by Crippen LogP contribution is 2.30. The van der Waals surface area contributed by atoms with Crippen molar-refractivity contribution in [2.24, 2.45) is 7.05 Å². The van der Waals surface area contributed by atoms with E-state index in [4.69, 9.17) is 5.73 Å². The van der Waals surface area contributed by atoms with Crippen LogP contribution in [0, 0.1) is 0 Å². The number of aryl methyl sites for hydroxylation is 1. The van der Waals surface area contributed by atoms with Gasteiger partial charge in [0.15, 0.2) is 5.13 Å².